The first-order valence-corrected chi connectivity index (χ1v) is 8.53. The molecule has 0 radical (unpaired) electrons. The zero-order chi connectivity index (χ0) is 18.7. The van der Waals surface area contributed by atoms with Crippen LogP contribution in [0.25, 0.3) is 0 Å². The summed E-state index contributed by atoms with van der Waals surface area (Å²) in [7, 11) is 0. The summed E-state index contributed by atoms with van der Waals surface area (Å²) < 4.78 is 8.90. The van der Waals surface area contributed by atoms with Crippen molar-refractivity contribution in [3.05, 3.63) is 59.1 Å². The van der Waals surface area contributed by atoms with Gasteiger partial charge in [0.05, 0.1) is 29.3 Å². The van der Waals surface area contributed by atoms with Crippen LogP contribution in [0.2, 0.25) is 5.02 Å². The number of anilines is 1. The Bertz CT molecular complexity index is 918. The number of nitrogens with one attached hydrogen (secondary N) is 1. The van der Waals surface area contributed by atoms with Crippen LogP contribution in [0.1, 0.15) is 24.1 Å². The second kappa shape index (κ2) is 7.61. The molecule has 3 aromatic rings. The summed E-state index contributed by atoms with van der Waals surface area (Å²) in [6.45, 7) is 6.04. The van der Waals surface area contributed by atoms with E-state index in [1.165, 1.54) is 16.4 Å². The number of ether oxygens (including phenoxy) is 1. The van der Waals surface area contributed by atoms with Crippen molar-refractivity contribution in [2.45, 2.75) is 33.5 Å². The van der Waals surface area contributed by atoms with Crippen molar-refractivity contribution in [2.75, 3.05) is 5.32 Å². The summed E-state index contributed by atoms with van der Waals surface area (Å²) in [5.74, 6) is 0.598. The third-order valence-electron chi connectivity index (χ3n) is 3.93. The Morgan fingerprint density at radius 1 is 1.27 bits per heavy atom. The third-order valence-corrected chi connectivity index (χ3v) is 4.12. The van der Waals surface area contributed by atoms with Crippen molar-refractivity contribution >= 4 is 23.2 Å². The number of aryl methyl sites for hydroxylation is 2. The zero-order valence-corrected chi connectivity index (χ0v) is 15.6. The topological polar surface area (TPSA) is 74.0 Å². The minimum atomic E-state index is -0.489. The van der Waals surface area contributed by atoms with E-state index in [4.69, 9.17) is 16.3 Å². The van der Waals surface area contributed by atoms with E-state index in [-0.39, 0.29) is 12.6 Å². The van der Waals surface area contributed by atoms with Crippen LogP contribution in [-0.2, 0) is 11.5 Å². The highest BCUT2D eigenvalue weighted by molar-refractivity contribution is 6.30. The van der Waals surface area contributed by atoms with E-state index in [9.17, 15) is 4.79 Å². The number of carbonyl (C=O) groups excluding carboxylic acids is 1. The monoisotopic (exact) mass is 373 g/mol. The van der Waals surface area contributed by atoms with Crippen molar-refractivity contribution in [3.8, 4) is 5.75 Å². The van der Waals surface area contributed by atoms with Crippen LogP contribution < -0.4 is 10.1 Å². The Morgan fingerprint density at radius 2 is 2.08 bits per heavy atom. The molecule has 7 nitrogen and oxygen atoms in total. The molecule has 3 rings (SSSR count). The molecule has 0 spiro atoms. The van der Waals surface area contributed by atoms with Gasteiger partial charge >= 0.3 is 0 Å². The van der Waals surface area contributed by atoms with E-state index >= 15 is 0 Å². The van der Waals surface area contributed by atoms with Gasteiger partial charge in [0.25, 0.3) is 0 Å². The molecule has 8 heteroatoms. The molecule has 0 aliphatic rings. The summed E-state index contributed by atoms with van der Waals surface area (Å²) in [6, 6.07) is 5.51. The van der Waals surface area contributed by atoms with Gasteiger partial charge in [-0.25, -0.2) is 4.68 Å². The van der Waals surface area contributed by atoms with Gasteiger partial charge in [-0.1, -0.05) is 29.3 Å². The molecule has 0 bridgehead atoms. The van der Waals surface area contributed by atoms with Crippen LogP contribution in [0.4, 0.5) is 5.69 Å². The fraction of sp³-hybridized carbons (Fsp3) is 0.278. The average molecular weight is 374 g/mol. The molecule has 0 aliphatic carbocycles. The summed E-state index contributed by atoms with van der Waals surface area (Å²) in [5, 5.41) is 11.5. The number of aromatic nitrogens is 4. The second-order valence-corrected chi connectivity index (χ2v) is 6.55. The van der Waals surface area contributed by atoms with E-state index in [1.54, 1.807) is 30.2 Å². The SMILES string of the molecule is Cc1ccc(OCn2cc(NC(=O)C(C)n3cc(Cl)cn3)cn2)c(C)c1. The highest BCUT2D eigenvalue weighted by Crippen LogP contribution is 2.19. The van der Waals surface area contributed by atoms with Gasteiger partial charge < -0.3 is 10.1 Å². The molecule has 1 aromatic carbocycles. The summed E-state index contributed by atoms with van der Waals surface area (Å²) in [4.78, 5) is 12.3. The van der Waals surface area contributed by atoms with Crippen LogP contribution in [0.3, 0.4) is 0 Å². The van der Waals surface area contributed by atoms with Crippen LogP contribution in [0, 0.1) is 13.8 Å². The summed E-state index contributed by atoms with van der Waals surface area (Å²) in [6.07, 6.45) is 6.39. The molecular weight excluding hydrogens is 354 g/mol. The molecule has 0 fully saturated rings. The lowest BCUT2D eigenvalue weighted by molar-refractivity contribution is -0.119. The predicted molar refractivity (Wildman–Crippen MR) is 99.3 cm³/mol. The molecule has 136 valence electrons. The van der Waals surface area contributed by atoms with E-state index in [2.05, 4.69) is 21.6 Å². The molecule has 0 saturated carbocycles. The first kappa shape index (κ1) is 18.0. The lowest BCUT2D eigenvalue weighted by Crippen LogP contribution is -2.23. The molecular formula is C18H20ClN5O2. The first-order valence-electron chi connectivity index (χ1n) is 8.15. The Kier molecular flexibility index (Phi) is 5.27. The number of carbonyl (C=O) groups is 1. The lowest BCUT2D eigenvalue weighted by atomic mass is 10.1. The smallest absolute Gasteiger partial charge is 0.249 e. The molecule has 1 atom stereocenters. The number of nitrogens with zero attached hydrogens (tertiary/aromatic N) is 4. The van der Waals surface area contributed by atoms with Gasteiger partial charge in [0.1, 0.15) is 11.8 Å². The highest BCUT2D eigenvalue weighted by atomic mass is 35.5. The maximum atomic E-state index is 12.3. The predicted octanol–water partition coefficient (Wildman–Crippen LogP) is 3.59. The Hall–Kier alpha value is -2.80. The van der Waals surface area contributed by atoms with Gasteiger partial charge in [0.2, 0.25) is 5.91 Å². The van der Waals surface area contributed by atoms with Gasteiger partial charge in [-0.2, -0.15) is 10.2 Å². The molecule has 2 heterocycles. The van der Waals surface area contributed by atoms with Crippen LogP contribution in [-0.4, -0.2) is 25.5 Å². The van der Waals surface area contributed by atoms with Crippen molar-refractivity contribution < 1.29 is 9.53 Å². The quantitative estimate of drug-likeness (QED) is 0.716. The number of hydrogen-bond acceptors (Lipinski definition) is 4. The fourth-order valence-electron chi connectivity index (χ4n) is 2.49. The summed E-state index contributed by atoms with van der Waals surface area (Å²) in [5.41, 5.74) is 2.84. The van der Waals surface area contributed by atoms with Gasteiger partial charge in [-0.05, 0) is 32.4 Å². The number of rotatable bonds is 6. The number of hydrogen-bond donors (Lipinski definition) is 1. The Morgan fingerprint density at radius 3 is 2.77 bits per heavy atom. The zero-order valence-electron chi connectivity index (χ0n) is 14.8. The van der Waals surface area contributed by atoms with E-state index in [0.717, 1.165) is 11.3 Å². The van der Waals surface area contributed by atoms with Crippen molar-refractivity contribution in [3.63, 3.8) is 0 Å². The van der Waals surface area contributed by atoms with Gasteiger partial charge in [-0.15, -0.1) is 0 Å². The molecule has 26 heavy (non-hydrogen) atoms. The maximum absolute atomic E-state index is 12.3. The second-order valence-electron chi connectivity index (χ2n) is 6.11. The molecule has 1 unspecified atom stereocenters. The van der Waals surface area contributed by atoms with Crippen molar-refractivity contribution in [1.29, 1.82) is 0 Å². The van der Waals surface area contributed by atoms with Crippen LogP contribution in [0.5, 0.6) is 5.75 Å². The average Bonchev–Trinajstić information content (AvgIpc) is 3.22. The Labute approximate surface area is 156 Å². The van der Waals surface area contributed by atoms with Gasteiger partial charge in [0, 0.05) is 6.20 Å². The van der Waals surface area contributed by atoms with Crippen molar-refractivity contribution in [1.82, 2.24) is 19.6 Å². The fourth-order valence-corrected chi connectivity index (χ4v) is 2.63. The number of amides is 1. The van der Waals surface area contributed by atoms with E-state index in [1.807, 2.05) is 26.0 Å². The highest BCUT2D eigenvalue weighted by Gasteiger charge is 2.16. The maximum Gasteiger partial charge on any atom is 0.249 e. The van der Waals surface area contributed by atoms with Crippen molar-refractivity contribution in [2.24, 2.45) is 0 Å². The van der Waals surface area contributed by atoms with E-state index < -0.39 is 6.04 Å². The number of halogens is 1. The Balaban J connectivity index is 1.58. The molecule has 0 saturated heterocycles. The van der Waals surface area contributed by atoms with Crippen LogP contribution >= 0.6 is 11.6 Å². The molecule has 0 aliphatic heterocycles. The minimum absolute atomic E-state index is 0.209. The molecule has 2 aromatic heterocycles. The molecule has 1 amide bonds. The largest absolute Gasteiger partial charge is 0.471 e. The minimum Gasteiger partial charge on any atom is -0.471 e. The first-order chi connectivity index (χ1) is 12.4. The molecule has 1 N–H and O–H groups in total. The van der Waals surface area contributed by atoms with Gasteiger partial charge in [-0.3, -0.25) is 9.48 Å². The summed E-state index contributed by atoms with van der Waals surface area (Å²) >= 11 is 5.84. The third kappa shape index (κ3) is 4.23. The van der Waals surface area contributed by atoms with E-state index in [0.29, 0.717) is 10.7 Å². The normalized spacial score (nSPS) is 12.0. The van der Waals surface area contributed by atoms with Crippen LogP contribution in [0.15, 0.2) is 43.0 Å². The lowest BCUT2D eigenvalue weighted by Gasteiger charge is -2.11. The van der Waals surface area contributed by atoms with Gasteiger partial charge in [0.15, 0.2) is 6.73 Å². The number of benzene rings is 1. The standard InChI is InChI=1S/C18H20ClN5O2/c1-12-4-5-17(13(2)6-12)26-11-23-10-16(8-20-23)22-18(25)14(3)24-9-15(19)7-21-24/h4-10,14H,11H2,1-3H3,(H,22,25).